The Balaban J connectivity index is 2.12. The molecule has 0 amide bonds. The molecule has 0 bridgehead atoms. The van der Waals surface area contributed by atoms with Gasteiger partial charge in [-0.2, -0.15) is 13.5 Å². The van der Waals surface area contributed by atoms with Crippen LogP contribution >= 0.6 is 0 Å². The van der Waals surface area contributed by atoms with Crippen LogP contribution in [0.25, 0.3) is 10.8 Å². The van der Waals surface area contributed by atoms with Crippen molar-refractivity contribution in [3.8, 4) is 0 Å². The zero-order valence-electron chi connectivity index (χ0n) is 12.3. The lowest BCUT2D eigenvalue weighted by atomic mass is 10.1. The number of fused-ring (bicyclic) bond motifs is 1. The molecule has 8 heteroatoms. The van der Waals surface area contributed by atoms with Crippen LogP contribution in [0.3, 0.4) is 0 Å². The van der Waals surface area contributed by atoms with Crippen LogP contribution in [-0.2, 0) is 10.1 Å². The number of hydrogen-bond acceptors (Lipinski definition) is 6. The van der Waals surface area contributed by atoms with Crippen LogP contribution in [0, 0.1) is 5.53 Å². The van der Waals surface area contributed by atoms with Gasteiger partial charge in [0.25, 0.3) is 10.1 Å². The lowest BCUT2D eigenvalue weighted by Crippen LogP contribution is -1.97. The largest absolute Gasteiger partial charge is 0.296 e. The second-order valence-corrected chi connectivity index (χ2v) is 6.29. The van der Waals surface area contributed by atoms with Crippen LogP contribution < -0.4 is 0 Å². The van der Waals surface area contributed by atoms with Gasteiger partial charge in [0, 0.05) is 10.8 Å². The molecule has 0 unspecified atom stereocenters. The van der Waals surface area contributed by atoms with Crippen molar-refractivity contribution in [2.24, 2.45) is 15.3 Å². The van der Waals surface area contributed by atoms with E-state index >= 15 is 0 Å². The van der Waals surface area contributed by atoms with E-state index in [0.717, 1.165) is 10.8 Å². The van der Waals surface area contributed by atoms with Crippen LogP contribution in [0.2, 0.25) is 0 Å². The number of hydrogen-bond donors (Lipinski definition) is 2. The Morgan fingerprint density at radius 3 is 1.96 bits per heavy atom. The third kappa shape index (κ3) is 3.05. The van der Waals surface area contributed by atoms with Crippen LogP contribution in [0.15, 0.2) is 80.9 Å². The van der Waals surface area contributed by atoms with E-state index in [-0.39, 0.29) is 10.6 Å². The van der Waals surface area contributed by atoms with Crippen molar-refractivity contribution in [2.45, 2.75) is 4.90 Å². The third-order valence-electron chi connectivity index (χ3n) is 3.41. The average Bonchev–Trinajstić information content (AvgIpc) is 2.59. The fourth-order valence-electron chi connectivity index (χ4n) is 2.32. The van der Waals surface area contributed by atoms with Gasteiger partial charge in [0.15, 0.2) is 0 Å². The monoisotopic (exact) mass is 340 g/mol. The molecule has 24 heavy (non-hydrogen) atoms. The summed E-state index contributed by atoms with van der Waals surface area (Å²) in [6.07, 6.45) is 0. The lowest BCUT2D eigenvalue weighted by molar-refractivity contribution is 0.483. The fraction of sp³-hybridized carbons (Fsp3) is 0. The van der Waals surface area contributed by atoms with Crippen LogP contribution in [0.1, 0.15) is 0 Å². The van der Waals surface area contributed by atoms with E-state index in [2.05, 4.69) is 15.3 Å². The molecule has 120 valence electrons. The van der Waals surface area contributed by atoms with E-state index in [0.29, 0.717) is 11.4 Å². The highest BCUT2D eigenvalue weighted by Gasteiger charge is 2.14. The van der Waals surface area contributed by atoms with E-state index in [9.17, 15) is 13.0 Å². The van der Waals surface area contributed by atoms with Crippen LogP contribution in [-0.4, -0.2) is 13.0 Å². The molecule has 0 fully saturated rings. The Morgan fingerprint density at radius 2 is 1.29 bits per heavy atom. The normalized spacial score (nSPS) is 11.9. The molecule has 0 aromatic heterocycles. The highest BCUT2D eigenvalue weighted by molar-refractivity contribution is 7.86. The Morgan fingerprint density at radius 1 is 0.750 bits per heavy atom. The molecule has 0 aliphatic carbocycles. The van der Waals surface area contributed by atoms with Gasteiger partial charge >= 0.3 is 0 Å². The summed E-state index contributed by atoms with van der Waals surface area (Å²) in [7, 11) is -4.38. The van der Waals surface area contributed by atoms with Gasteiger partial charge in [-0.25, -0.2) is 5.53 Å². The number of rotatable bonds is 4. The molecule has 0 heterocycles. The molecule has 3 aromatic rings. The Labute approximate surface area is 137 Å². The van der Waals surface area contributed by atoms with Crippen molar-refractivity contribution in [3.63, 3.8) is 0 Å². The van der Waals surface area contributed by atoms with Crippen molar-refractivity contribution in [1.29, 1.82) is 5.53 Å². The number of azo groups is 1. The fourth-order valence-corrected chi connectivity index (χ4v) is 2.94. The number of benzene rings is 3. The smallest absolute Gasteiger partial charge is 0.282 e. The van der Waals surface area contributed by atoms with E-state index in [1.807, 2.05) is 24.3 Å². The lowest BCUT2D eigenvalue weighted by Gasteiger charge is -2.04. The number of nitrogens with zero attached hydrogens (tertiary/aromatic N) is 3. The van der Waals surface area contributed by atoms with Crippen LogP contribution in [0.5, 0.6) is 0 Å². The molecule has 0 spiro atoms. The Hall–Kier alpha value is -2.97. The quantitative estimate of drug-likeness (QED) is 0.504. The Kier molecular flexibility index (Phi) is 4.15. The third-order valence-corrected chi connectivity index (χ3v) is 4.31. The standard InChI is InChI=1S/C16H12N4O3S/c17-18-13-9-10-14(12-6-2-1-5-11(12)13)19-20-15-7-3-4-8-16(15)24(21,22)23/h1-10,17H,(H,21,22,23). The topological polar surface area (TPSA) is 115 Å². The van der Waals surface area contributed by atoms with Crippen molar-refractivity contribution < 1.29 is 13.0 Å². The predicted octanol–water partition coefficient (Wildman–Crippen LogP) is 5.16. The van der Waals surface area contributed by atoms with Crippen molar-refractivity contribution in [2.75, 3.05) is 0 Å². The van der Waals surface area contributed by atoms with Gasteiger partial charge in [0.2, 0.25) is 0 Å². The Bertz CT molecular complexity index is 1060. The first-order valence-corrected chi connectivity index (χ1v) is 8.32. The van der Waals surface area contributed by atoms with Gasteiger partial charge in [-0.1, -0.05) is 36.4 Å². The van der Waals surface area contributed by atoms with Gasteiger partial charge in [-0.15, -0.1) is 10.2 Å². The first kappa shape index (κ1) is 15.9. The molecule has 0 saturated heterocycles. The molecule has 3 aromatic carbocycles. The molecular weight excluding hydrogens is 328 g/mol. The summed E-state index contributed by atoms with van der Waals surface area (Å²) >= 11 is 0. The minimum absolute atomic E-state index is 0.0401. The molecule has 0 aliphatic rings. The van der Waals surface area contributed by atoms with E-state index in [1.165, 1.54) is 18.2 Å². The maximum absolute atomic E-state index is 11.4. The molecule has 0 saturated carbocycles. The maximum atomic E-state index is 11.4. The first-order chi connectivity index (χ1) is 11.5. The highest BCUT2D eigenvalue weighted by Crippen LogP contribution is 2.34. The van der Waals surface area contributed by atoms with Gasteiger partial charge in [-0.3, -0.25) is 4.55 Å². The van der Waals surface area contributed by atoms with E-state index in [1.54, 1.807) is 18.2 Å². The number of nitrogens with one attached hydrogen (secondary N) is 1. The highest BCUT2D eigenvalue weighted by atomic mass is 32.2. The van der Waals surface area contributed by atoms with E-state index in [4.69, 9.17) is 5.53 Å². The molecule has 2 N–H and O–H groups in total. The second-order valence-electron chi connectivity index (χ2n) is 4.90. The molecular formula is C16H12N4O3S. The summed E-state index contributed by atoms with van der Waals surface area (Å²) in [5, 5.41) is 13.0. The summed E-state index contributed by atoms with van der Waals surface area (Å²) in [6, 6.07) is 16.3. The van der Waals surface area contributed by atoms with Gasteiger partial charge in [-0.05, 0) is 24.3 Å². The van der Waals surface area contributed by atoms with Gasteiger partial charge < -0.3 is 0 Å². The van der Waals surface area contributed by atoms with E-state index < -0.39 is 10.1 Å². The molecule has 0 atom stereocenters. The van der Waals surface area contributed by atoms with Gasteiger partial charge in [0.05, 0.1) is 11.4 Å². The summed E-state index contributed by atoms with van der Waals surface area (Å²) in [4.78, 5) is -0.309. The molecule has 0 aliphatic heterocycles. The van der Waals surface area contributed by atoms with Crippen molar-refractivity contribution in [1.82, 2.24) is 0 Å². The summed E-state index contributed by atoms with van der Waals surface area (Å²) in [6.45, 7) is 0. The zero-order valence-corrected chi connectivity index (χ0v) is 13.1. The minimum atomic E-state index is -4.38. The molecule has 7 nitrogen and oxygen atoms in total. The average molecular weight is 340 g/mol. The van der Waals surface area contributed by atoms with Gasteiger partial charge in [0.1, 0.15) is 10.6 Å². The van der Waals surface area contributed by atoms with Crippen molar-refractivity contribution in [3.05, 3.63) is 60.7 Å². The van der Waals surface area contributed by atoms with Crippen molar-refractivity contribution >= 4 is 38.0 Å². The SMILES string of the molecule is N=Nc1ccc(N=Nc2ccccc2S(=O)(=O)O)c2ccccc12. The molecule has 3 rings (SSSR count). The minimum Gasteiger partial charge on any atom is -0.282 e. The maximum Gasteiger partial charge on any atom is 0.296 e. The van der Waals surface area contributed by atoms with Crippen LogP contribution in [0.4, 0.5) is 17.1 Å². The summed E-state index contributed by atoms with van der Waals surface area (Å²) in [5.41, 5.74) is 8.25. The molecule has 0 radical (unpaired) electrons. The summed E-state index contributed by atoms with van der Waals surface area (Å²) < 4.78 is 32.0. The second kappa shape index (κ2) is 6.26. The predicted molar refractivity (Wildman–Crippen MR) is 89.2 cm³/mol. The first-order valence-electron chi connectivity index (χ1n) is 6.88. The zero-order chi connectivity index (χ0) is 17.2. The summed E-state index contributed by atoms with van der Waals surface area (Å²) in [5.74, 6) is 0.